The highest BCUT2D eigenvalue weighted by molar-refractivity contribution is 6.20. The number of furan rings is 1. The van der Waals surface area contributed by atoms with Crippen LogP contribution in [0.5, 0.6) is 5.75 Å². The second-order valence-corrected chi connectivity index (χ2v) is 14.4. The maximum absolute atomic E-state index is 6.91. The van der Waals surface area contributed by atoms with Crippen molar-refractivity contribution in [2.45, 2.75) is 19.1 Å². The number of hydrogen-bond donors (Lipinski definition) is 0. The molecule has 262 valence electrons. The van der Waals surface area contributed by atoms with E-state index in [9.17, 15) is 0 Å². The van der Waals surface area contributed by atoms with Gasteiger partial charge in [0.05, 0.1) is 16.8 Å². The summed E-state index contributed by atoms with van der Waals surface area (Å²) in [6, 6.07) is 54.4. The van der Waals surface area contributed by atoms with Crippen molar-refractivity contribution in [1.82, 2.24) is 4.57 Å². The number of para-hydroxylation sites is 3. The summed E-state index contributed by atoms with van der Waals surface area (Å²) < 4.78 is 15.7. The SMILES string of the molecule is C=C/C=C(\C=C/C)N1c2ccccc2C2c3ccc(-c4ccc(-c5ccc6c7c8ccccc8oc7n(-c7ccccc7)c6c5)c5ccccc45)cc3OC21. The van der Waals surface area contributed by atoms with Crippen LogP contribution < -0.4 is 9.64 Å². The zero-order valence-corrected chi connectivity index (χ0v) is 30.3. The van der Waals surface area contributed by atoms with Gasteiger partial charge >= 0.3 is 0 Å². The molecule has 0 N–H and O–H groups in total. The monoisotopic (exact) mass is 708 g/mol. The molecule has 55 heavy (non-hydrogen) atoms. The molecule has 4 nitrogen and oxygen atoms in total. The standard InChI is InChI=1S/C51H36N2O2/c1-3-14-34(15-4-2)52-44-22-12-10-20-40(44)48-43-27-25-33(31-47(43)55-50(48)52)37-29-28-36(38-18-8-9-19-39(37)38)32-24-26-41-45(30-32)53(35-16-6-5-7-17-35)51-49(41)42-21-11-13-23-46(42)54-51/h3-31,48,50H,1H2,2H3/b15-4-,34-14+. The number of allylic oxidation sites excluding steroid dienone is 4. The molecule has 2 aromatic heterocycles. The predicted molar refractivity (Wildman–Crippen MR) is 227 cm³/mol. The molecule has 4 heterocycles. The summed E-state index contributed by atoms with van der Waals surface area (Å²) in [5, 5.41) is 5.86. The first-order chi connectivity index (χ1) is 27.2. The lowest BCUT2D eigenvalue weighted by atomic mass is 9.89. The smallest absolute Gasteiger partial charge is 0.213 e. The van der Waals surface area contributed by atoms with E-state index < -0.39 is 0 Å². The Hall–Kier alpha value is -7.04. The molecule has 2 aliphatic heterocycles. The van der Waals surface area contributed by atoms with Gasteiger partial charge in [-0.25, -0.2) is 0 Å². The van der Waals surface area contributed by atoms with Crippen molar-refractivity contribution >= 4 is 49.4 Å². The van der Waals surface area contributed by atoms with E-state index in [1.54, 1.807) is 0 Å². The average Bonchev–Trinajstić information content (AvgIpc) is 3.96. The fourth-order valence-corrected chi connectivity index (χ4v) is 9.13. The van der Waals surface area contributed by atoms with Gasteiger partial charge in [-0.3, -0.25) is 4.57 Å². The van der Waals surface area contributed by atoms with Gasteiger partial charge in [-0.05, 0) is 94.1 Å². The molecule has 0 radical (unpaired) electrons. The second-order valence-electron chi connectivity index (χ2n) is 14.4. The van der Waals surface area contributed by atoms with Crippen molar-refractivity contribution in [2.24, 2.45) is 0 Å². The molecular weight excluding hydrogens is 673 g/mol. The number of nitrogens with zero attached hydrogens (tertiary/aromatic N) is 2. The van der Waals surface area contributed by atoms with E-state index in [1.807, 2.05) is 25.1 Å². The zero-order chi connectivity index (χ0) is 36.6. The van der Waals surface area contributed by atoms with Gasteiger partial charge in [0.15, 0.2) is 6.23 Å². The van der Waals surface area contributed by atoms with Crippen LogP contribution in [0.15, 0.2) is 193 Å². The van der Waals surface area contributed by atoms with Gasteiger partial charge in [0.25, 0.3) is 0 Å². The van der Waals surface area contributed by atoms with Gasteiger partial charge < -0.3 is 14.1 Å². The normalized spacial score (nSPS) is 16.3. The number of benzene rings is 7. The number of anilines is 1. The summed E-state index contributed by atoms with van der Waals surface area (Å²) in [5.74, 6) is 1.05. The van der Waals surface area contributed by atoms with Crippen molar-refractivity contribution in [3.63, 3.8) is 0 Å². The quantitative estimate of drug-likeness (QED) is 0.161. The van der Waals surface area contributed by atoms with E-state index in [1.165, 1.54) is 44.1 Å². The molecule has 2 atom stereocenters. The van der Waals surface area contributed by atoms with E-state index >= 15 is 0 Å². The van der Waals surface area contributed by atoms with E-state index in [0.717, 1.165) is 55.8 Å². The molecule has 7 aromatic carbocycles. The highest BCUT2D eigenvalue weighted by Gasteiger charge is 2.47. The largest absolute Gasteiger partial charge is 0.469 e. The number of aromatic nitrogens is 1. The minimum Gasteiger partial charge on any atom is -0.469 e. The third-order valence-electron chi connectivity index (χ3n) is 11.4. The Bertz CT molecular complexity index is 3070. The summed E-state index contributed by atoms with van der Waals surface area (Å²) >= 11 is 0. The Labute approximate surface area is 319 Å². The lowest BCUT2D eigenvalue weighted by molar-refractivity contribution is 0.230. The molecule has 0 saturated carbocycles. The van der Waals surface area contributed by atoms with Crippen LogP contribution in [-0.2, 0) is 0 Å². The second kappa shape index (κ2) is 12.3. The number of rotatable bonds is 6. The fourth-order valence-electron chi connectivity index (χ4n) is 9.13. The lowest BCUT2D eigenvalue weighted by Gasteiger charge is -2.27. The Kier molecular flexibility index (Phi) is 7.02. The van der Waals surface area contributed by atoms with Gasteiger partial charge in [0, 0.05) is 33.4 Å². The first-order valence-electron chi connectivity index (χ1n) is 18.9. The summed E-state index contributed by atoms with van der Waals surface area (Å²) in [4.78, 5) is 2.32. The molecule has 11 rings (SSSR count). The average molecular weight is 709 g/mol. The zero-order valence-electron chi connectivity index (χ0n) is 30.3. The van der Waals surface area contributed by atoms with Crippen molar-refractivity contribution in [3.05, 3.63) is 199 Å². The van der Waals surface area contributed by atoms with Crippen LogP contribution in [-0.4, -0.2) is 10.8 Å². The molecule has 0 amide bonds. The molecule has 4 heteroatoms. The third-order valence-corrected chi connectivity index (χ3v) is 11.4. The number of fused-ring (bicyclic) bond motifs is 11. The predicted octanol–water partition coefficient (Wildman–Crippen LogP) is 13.3. The first kappa shape index (κ1) is 31.5. The minimum atomic E-state index is -0.172. The highest BCUT2D eigenvalue weighted by atomic mass is 16.5. The topological polar surface area (TPSA) is 30.5 Å². The van der Waals surface area contributed by atoms with Crippen LogP contribution in [0.3, 0.4) is 0 Å². The van der Waals surface area contributed by atoms with Crippen LogP contribution >= 0.6 is 0 Å². The summed E-state index contributed by atoms with van der Waals surface area (Å²) in [5.41, 5.74) is 13.4. The lowest BCUT2D eigenvalue weighted by Crippen LogP contribution is -2.35. The first-order valence-corrected chi connectivity index (χ1v) is 18.9. The van der Waals surface area contributed by atoms with Gasteiger partial charge in [-0.15, -0.1) is 0 Å². The van der Waals surface area contributed by atoms with Gasteiger partial charge in [0.1, 0.15) is 11.3 Å². The maximum atomic E-state index is 6.91. The molecule has 0 aliphatic carbocycles. The molecule has 0 saturated heterocycles. The highest BCUT2D eigenvalue weighted by Crippen LogP contribution is 2.54. The van der Waals surface area contributed by atoms with Crippen LogP contribution in [0.4, 0.5) is 5.69 Å². The van der Waals surface area contributed by atoms with Crippen LogP contribution in [0.1, 0.15) is 24.0 Å². The Morgan fingerprint density at radius 1 is 0.655 bits per heavy atom. The van der Waals surface area contributed by atoms with Crippen molar-refractivity contribution < 1.29 is 9.15 Å². The Morgan fingerprint density at radius 2 is 1.35 bits per heavy atom. The molecule has 0 bridgehead atoms. The van der Waals surface area contributed by atoms with Crippen molar-refractivity contribution in [2.75, 3.05) is 4.90 Å². The summed E-state index contributed by atoms with van der Waals surface area (Å²) in [6.07, 6.45) is 7.93. The number of ether oxygens (including phenoxy) is 1. The Morgan fingerprint density at radius 3 is 2.13 bits per heavy atom. The Balaban J connectivity index is 1.03. The minimum absolute atomic E-state index is 0.114. The van der Waals surface area contributed by atoms with Crippen LogP contribution in [0, 0.1) is 0 Å². The molecule has 2 unspecified atom stereocenters. The summed E-state index contributed by atoms with van der Waals surface area (Å²) in [6.45, 7) is 6.04. The molecule has 0 fully saturated rings. The third kappa shape index (κ3) is 4.64. The number of hydrogen-bond acceptors (Lipinski definition) is 3. The molecule has 2 aliphatic rings. The van der Waals surface area contributed by atoms with E-state index in [-0.39, 0.29) is 12.1 Å². The van der Waals surface area contributed by atoms with E-state index in [0.29, 0.717) is 0 Å². The molecule has 9 aromatic rings. The van der Waals surface area contributed by atoms with Gasteiger partial charge in [0.2, 0.25) is 5.71 Å². The van der Waals surface area contributed by atoms with Crippen LogP contribution in [0.2, 0.25) is 0 Å². The van der Waals surface area contributed by atoms with Crippen LogP contribution in [0.25, 0.3) is 71.7 Å². The fraction of sp³-hybridized carbons (Fsp3) is 0.0588. The van der Waals surface area contributed by atoms with E-state index in [4.69, 9.17) is 9.15 Å². The summed E-state index contributed by atoms with van der Waals surface area (Å²) in [7, 11) is 0. The van der Waals surface area contributed by atoms with Crippen molar-refractivity contribution in [1.29, 1.82) is 0 Å². The van der Waals surface area contributed by atoms with E-state index in [2.05, 4.69) is 174 Å². The van der Waals surface area contributed by atoms with Gasteiger partial charge in [-0.2, -0.15) is 0 Å². The van der Waals surface area contributed by atoms with Crippen molar-refractivity contribution in [3.8, 4) is 33.7 Å². The maximum Gasteiger partial charge on any atom is 0.213 e. The van der Waals surface area contributed by atoms with Gasteiger partial charge in [-0.1, -0.05) is 134 Å². The molecular formula is C51H36N2O2. The molecule has 0 spiro atoms.